The highest BCUT2D eigenvalue weighted by Gasteiger charge is 2.17. The SMILES string of the molecule is C=CCN(CC(=O)O)C(=O)Nc1cc(C)c(Cl)cc1OC. The third-order valence-electron chi connectivity index (χ3n) is 2.69. The quantitative estimate of drug-likeness (QED) is 0.792. The Hall–Kier alpha value is -2.21. The maximum absolute atomic E-state index is 12.1. The molecule has 0 atom stereocenters. The molecule has 0 bridgehead atoms. The lowest BCUT2D eigenvalue weighted by Crippen LogP contribution is -2.38. The van der Waals surface area contributed by atoms with Crippen molar-refractivity contribution in [2.75, 3.05) is 25.5 Å². The van der Waals surface area contributed by atoms with Crippen LogP contribution in [0.1, 0.15) is 5.56 Å². The van der Waals surface area contributed by atoms with Gasteiger partial charge in [-0.2, -0.15) is 0 Å². The average molecular weight is 313 g/mol. The Morgan fingerprint density at radius 3 is 2.71 bits per heavy atom. The average Bonchev–Trinajstić information content (AvgIpc) is 2.41. The number of amides is 2. The number of hydrogen-bond donors (Lipinski definition) is 2. The first-order valence-electron chi connectivity index (χ1n) is 6.11. The summed E-state index contributed by atoms with van der Waals surface area (Å²) in [6.45, 7) is 4.98. The van der Waals surface area contributed by atoms with Crippen molar-refractivity contribution in [1.82, 2.24) is 4.90 Å². The summed E-state index contributed by atoms with van der Waals surface area (Å²) < 4.78 is 5.15. The highest BCUT2D eigenvalue weighted by Crippen LogP contribution is 2.31. The molecule has 0 radical (unpaired) electrons. The molecule has 21 heavy (non-hydrogen) atoms. The highest BCUT2D eigenvalue weighted by atomic mass is 35.5. The Kier molecular flexibility index (Phi) is 6.05. The maximum Gasteiger partial charge on any atom is 0.323 e. The second-order valence-electron chi connectivity index (χ2n) is 4.29. The second-order valence-corrected chi connectivity index (χ2v) is 4.70. The number of ether oxygens (including phenoxy) is 1. The molecule has 0 aliphatic carbocycles. The van der Waals surface area contributed by atoms with Gasteiger partial charge in [-0.25, -0.2) is 4.79 Å². The Labute approximate surface area is 128 Å². The molecule has 0 fully saturated rings. The molecule has 0 saturated carbocycles. The van der Waals surface area contributed by atoms with E-state index in [-0.39, 0.29) is 6.54 Å². The second kappa shape index (κ2) is 7.54. The molecule has 2 amide bonds. The molecule has 0 unspecified atom stereocenters. The monoisotopic (exact) mass is 312 g/mol. The van der Waals surface area contributed by atoms with Crippen molar-refractivity contribution in [1.29, 1.82) is 0 Å². The van der Waals surface area contributed by atoms with Gasteiger partial charge >= 0.3 is 12.0 Å². The van der Waals surface area contributed by atoms with E-state index in [2.05, 4.69) is 11.9 Å². The minimum absolute atomic E-state index is 0.118. The van der Waals surface area contributed by atoms with E-state index in [4.69, 9.17) is 21.4 Å². The van der Waals surface area contributed by atoms with Crippen LogP contribution < -0.4 is 10.1 Å². The van der Waals surface area contributed by atoms with Crippen LogP contribution in [-0.4, -0.2) is 42.2 Å². The predicted octanol–water partition coefficient (Wildman–Crippen LogP) is 2.76. The van der Waals surface area contributed by atoms with Crippen LogP contribution in [0, 0.1) is 6.92 Å². The van der Waals surface area contributed by atoms with Crippen molar-refractivity contribution >= 4 is 29.3 Å². The van der Waals surface area contributed by atoms with Gasteiger partial charge < -0.3 is 20.1 Å². The number of carboxylic acids is 1. The van der Waals surface area contributed by atoms with Gasteiger partial charge in [0.2, 0.25) is 0 Å². The fourth-order valence-electron chi connectivity index (χ4n) is 1.66. The van der Waals surface area contributed by atoms with Crippen LogP contribution in [0.5, 0.6) is 5.75 Å². The molecule has 0 saturated heterocycles. The molecule has 1 rings (SSSR count). The van der Waals surface area contributed by atoms with Crippen LogP contribution in [0.2, 0.25) is 5.02 Å². The summed E-state index contributed by atoms with van der Waals surface area (Å²) >= 11 is 5.99. The molecule has 0 aliphatic rings. The first-order chi connectivity index (χ1) is 9.88. The van der Waals surface area contributed by atoms with Gasteiger partial charge in [-0.15, -0.1) is 6.58 Å². The first kappa shape index (κ1) is 16.8. The van der Waals surface area contributed by atoms with E-state index in [1.165, 1.54) is 13.2 Å². The summed E-state index contributed by atoms with van der Waals surface area (Å²) in [6, 6.07) is 2.69. The molecule has 0 aliphatic heterocycles. The molecule has 6 nitrogen and oxygen atoms in total. The zero-order valence-corrected chi connectivity index (χ0v) is 12.6. The normalized spacial score (nSPS) is 9.86. The van der Waals surface area contributed by atoms with Crippen LogP contribution in [-0.2, 0) is 4.79 Å². The van der Waals surface area contributed by atoms with Crippen LogP contribution in [0.25, 0.3) is 0 Å². The van der Waals surface area contributed by atoms with Gasteiger partial charge in [-0.1, -0.05) is 17.7 Å². The van der Waals surface area contributed by atoms with Crippen molar-refractivity contribution in [3.63, 3.8) is 0 Å². The fraction of sp³-hybridized carbons (Fsp3) is 0.286. The summed E-state index contributed by atoms with van der Waals surface area (Å²) in [5.74, 6) is -0.709. The van der Waals surface area contributed by atoms with E-state index in [0.29, 0.717) is 16.5 Å². The molecular formula is C14H17ClN2O4. The number of carbonyl (C=O) groups excluding carboxylic acids is 1. The number of nitrogens with one attached hydrogen (secondary N) is 1. The summed E-state index contributed by atoms with van der Waals surface area (Å²) in [6.07, 6.45) is 1.45. The Morgan fingerprint density at radius 2 is 2.19 bits per heavy atom. The third-order valence-corrected chi connectivity index (χ3v) is 3.09. The number of hydrogen-bond acceptors (Lipinski definition) is 3. The number of anilines is 1. The smallest absolute Gasteiger partial charge is 0.323 e. The fourth-order valence-corrected chi connectivity index (χ4v) is 1.82. The van der Waals surface area contributed by atoms with Gasteiger partial charge in [0, 0.05) is 17.6 Å². The molecule has 2 N–H and O–H groups in total. The Balaban J connectivity index is 2.97. The summed E-state index contributed by atoms with van der Waals surface area (Å²) in [4.78, 5) is 24.0. The Bertz CT molecular complexity index is 560. The van der Waals surface area contributed by atoms with E-state index in [1.807, 2.05) is 0 Å². The number of aryl methyl sites for hydroxylation is 1. The van der Waals surface area contributed by atoms with Crippen LogP contribution in [0.3, 0.4) is 0 Å². The van der Waals surface area contributed by atoms with Crippen molar-refractivity contribution in [3.8, 4) is 5.75 Å². The van der Waals surface area contributed by atoms with E-state index >= 15 is 0 Å². The van der Waals surface area contributed by atoms with E-state index < -0.39 is 18.5 Å². The van der Waals surface area contributed by atoms with Crippen molar-refractivity contribution in [2.45, 2.75) is 6.92 Å². The maximum atomic E-state index is 12.1. The number of benzene rings is 1. The van der Waals surface area contributed by atoms with Gasteiger partial charge in [0.25, 0.3) is 0 Å². The summed E-state index contributed by atoms with van der Waals surface area (Å²) in [5, 5.41) is 11.9. The summed E-state index contributed by atoms with van der Waals surface area (Å²) in [7, 11) is 1.45. The molecule has 1 aromatic rings. The number of urea groups is 1. The van der Waals surface area contributed by atoms with Crippen molar-refractivity contribution in [3.05, 3.63) is 35.4 Å². The predicted molar refractivity (Wildman–Crippen MR) is 81.2 cm³/mol. The van der Waals surface area contributed by atoms with Crippen molar-refractivity contribution < 1.29 is 19.4 Å². The van der Waals surface area contributed by atoms with Gasteiger partial charge in [-0.3, -0.25) is 4.79 Å². The summed E-state index contributed by atoms with van der Waals surface area (Å²) in [5.41, 5.74) is 1.19. The molecule has 114 valence electrons. The van der Waals surface area contributed by atoms with Crippen LogP contribution in [0.15, 0.2) is 24.8 Å². The third kappa shape index (κ3) is 4.68. The first-order valence-corrected chi connectivity index (χ1v) is 6.49. The molecule has 7 heteroatoms. The van der Waals surface area contributed by atoms with Crippen LogP contribution >= 0.6 is 11.6 Å². The molecule has 0 aromatic heterocycles. The van der Waals surface area contributed by atoms with Gasteiger partial charge in [-0.05, 0) is 18.6 Å². The lowest BCUT2D eigenvalue weighted by molar-refractivity contribution is -0.137. The molecular weight excluding hydrogens is 296 g/mol. The number of nitrogens with zero attached hydrogens (tertiary/aromatic N) is 1. The number of carboxylic acid groups (broad SMARTS) is 1. The zero-order chi connectivity index (χ0) is 16.0. The van der Waals surface area contributed by atoms with E-state index in [1.54, 1.807) is 19.1 Å². The lowest BCUT2D eigenvalue weighted by atomic mass is 10.2. The molecule has 0 heterocycles. The van der Waals surface area contributed by atoms with Crippen LogP contribution in [0.4, 0.5) is 10.5 Å². The van der Waals surface area contributed by atoms with Gasteiger partial charge in [0.15, 0.2) is 0 Å². The number of aliphatic carboxylic acids is 1. The molecule has 1 aromatic carbocycles. The lowest BCUT2D eigenvalue weighted by Gasteiger charge is -2.20. The topological polar surface area (TPSA) is 78.9 Å². The minimum Gasteiger partial charge on any atom is -0.495 e. The van der Waals surface area contributed by atoms with Gasteiger partial charge in [0.05, 0.1) is 12.8 Å². The highest BCUT2D eigenvalue weighted by molar-refractivity contribution is 6.31. The number of carbonyl (C=O) groups is 2. The minimum atomic E-state index is -1.11. The van der Waals surface area contributed by atoms with E-state index in [9.17, 15) is 9.59 Å². The van der Waals surface area contributed by atoms with E-state index in [0.717, 1.165) is 10.5 Å². The number of rotatable bonds is 6. The number of halogens is 1. The van der Waals surface area contributed by atoms with Crippen molar-refractivity contribution in [2.24, 2.45) is 0 Å². The van der Waals surface area contributed by atoms with Gasteiger partial charge in [0.1, 0.15) is 12.3 Å². The molecule has 0 spiro atoms. The number of methoxy groups -OCH3 is 1. The zero-order valence-electron chi connectivity index (χ0n) is 11.9. The largest absolute Gasteiger partial charge is 0.495 e. The Morgan fingerprint density at radius 1 is 1.52 bits per heavy atom. The standard InChI is InChI=1S/C14H17ClN2O4/c1-4-5-17(8-13(18)19)14(20)16-11-6-9(2)10(15)7-12(11)21-3/h4,6-7H,1,5,8H2,2-3H3,(H,16,20)(H,18,19).